The molecule has 0 radical (unpaired) electrons. The number of amides is 2. The standard InChI is InChI=1S/C17H15FN4O4S2/c1-2-9-7-12(22-21-9)16(24)20-17-10(15(19)23)8-14(27-17)28(25,26)13-6-4-3-5-11(13)18/h3-8H,2H2,1H3,(H2,19,23)(H,20,24)(H,21,22). The van der Waals surface area contributed by atoms with Crippen molar-refractivity contribution in [2.45, 2.75) is 22.4 Å². The first-order chi connectivity index (χ1) is 13.2. The van der Waals surface area contributed by atoms with Crippen LogP contribution in [0.15, 0.2) is 45.5 Å². The predicted octanol–water partition coefficient (Wildman–Crippen LogP) is 2.36. The summed E-state index contributed by atoms with van der Waals surface area (Å²) in [4.78, 5) is 23.5. The Morgan fingerprint density at radius 3 is 2.61 bits per heavy atom. The van der Waals surface area contributed by atoms with Gasteiger partial charge in [0.2, 0.25) is 9.84 Å². The third-order valence-electron chi connectivity index (χ3n) is 3.84. The molecule has 3 rings (SSSR count). The van der Waals surface area contributed by atoms with E-state index in [0.29, 0.717) is 17.8 Å². The number of H-pyrrole nitrogens is 1. The van der Waals surface area contributed by atoms with Gasteiger partial charge < -0.3 is 11.1 Å². The van der Waals surface area contributed by atoms with Gasteiger partial charge in [-0.05, 0) is 30.7 Å². The van der Waals surface area contributed by atoms with E-state index in [1.54, 1.807) is 0 Å². The van der Waals surface area contributed by atoms with E-state index >= 15 is 0 Å². The maximum atomic E-state index is 14.0. The summed E-state index contributed by atoms with van der Waals surface area (Å²) >= 11 is 0.608. The van der Waals surface area contributed by atoms with Gasteiger partial charge >= 0.3 is 0 Å². The normalized spacial score (nSPS) is 11.4. The molecule has 0 unspecified atom stereocenters. The SMILES string of the molecule is CCc1cc(C(=O)Nc2sc(S(=O)(=O)c3ccccc3F)cc2C(N)=O)n[nH]1. The average Bonchev–Trinajstić information content (AvgIpc) is 3.29. The summed E-state index contributed by atoms with van der Waals surface area (Å²) in [5.41, 5.74) is 5.91. The lowest BCUT2D eigenvalue weighted by molar-refractivity contribution is 0.100. The van der Waals surface area contributed by atoms with Crippen LogP contribution in [0.4, 0.5) is 9.39 Å². The number of halogens is 1. The summed E-state index contributed by atoms with van der Waals surface area (Å²) in [6.07, 6.45) is 0.636. The van der Waals surface area contributed by atoms with Crippen LogP contribution >= 0.6 is 11.3 Å². The molecule has 4 N–H and O–H groups in total. The molecule has 0 saturated heterocycles. The predicted molar refractivity (Wildman–Crippen MR) is 101 cm³/mol. The van der Waals surface area contributed by atoms with Crippen molar-refractivity contribution < 1.29 is 22.4 Å². The van der Waals surface area contributed by atoms with Crippen molar-refractivity contribution in [1.82, 2.24) is 10.2 Å². The van der Waals surface area contributed by atoms with E-state index in [4.69, 9.17) is 5.73 Å². The average molecular weight is 422 g/mol. The maximum absolute atomic E-state index is 14.0. The molecule has 0 aliphatic heterocycles. The summed E-state index contributed by atoms with van der Waals surface area (Å²) in [5, 5.41) is 8.92. The van der Waals surface area contributed by atoms with Crippen molar-refractivity contribution in [1.29, 1.82) is 0 Å². The lowest BCUT2D eigenvalue weighted by Crippen LogP contribution is -2.16. The Morgan fingerprint density at radius 2 is 2.00 bits per heavy atom. The molecule has 0 aliphatic rings. The first kappa shape index (κ1) is 19.7. The zero-order chi connectivity index (χ0) is 20.5. The van der Waals surface area contributed by atoms with Crippen LogP contribution in [0, 0.1) is 5.82 Å². The molecule has 0 spiro atoms. The molecule has 28 heavy (non-hydrogen) atoms. The number of benzene rings is 1. The van der Waals surface area contributed by atoms with E-state index in [2.05, 4.69) is 15.5 Å². The van der Waals surface area contributed by atoms with Gasteiger partial charge in [0.15, 0.2) is 5.69 Å². The van der Waals surface area contributed by atoms with Gasteiger partial charge in [-0.2, -0.15) is 5.10 Å². The van der Waals surface area contributed by atoms with Crippen LogP contribution in [0.5, 0.6) is 0 Å². The van der Waals surface area contributed by atoms with Crippen LogP contribution in [0.1, 0.15) is 33.5 Å². The minimum Gasteiger partial charge on any atom is -0.366 e. The number of aryl methyl sites for hydroxylation is 1. The van der Waals surface area contributed by atoms with Crippen LogP contribution in [-0.2, 0) is 16.3 Å². The van der Waals surface area contributed by atoms with Crippen LogP contribution in [0.2, 0.25) is 0 Å². The fourth-order valence-corrected chi connectivity index (χ4v) is 5.20. The largest absolute Gasteiger partial charge is 0.366 e. The Hall–Kier alpha value is -3.05. The molecule has 8 nitrogen and oxygen atoms in total. The molecule has 1 aromatic carbocycles. The topological polar surface area (TPSA) is 135 Å². The molecule has 2 aromatic heterocycles. The highest BCUT2D eigenvalue weighted by Gasteiger charge is 2.27. The second-order valence-electron chi connectivity index (χ2n) is 5.69. The van der Waals surface area contributed by atoms with Crippen LogP contribution in [0.25, 0.3) is 0 Å². The number of hydrogen-bond acceptors (Lipinski definition) is 6. The maximum Gasteiger partial charge on any atom is 0.276 e. The van der Waals surface area contributed by atoms with Gasteiger partial charge in [-0.25, -0.2) is 12.8 Å². The monoisotopic (exact) mass is 422 g/mol. The number of nitrogens with one attached hydrogen (secondary N) is 2. The van der Waals surface area contributed by atoms with Gasteiger partial charge in [-0.3, -0.25) is 14.7 Å². The first-order valence-corrected chi connectivity index (χ1v) is 10.3. The number of thiophene rings is 1. The second kappa shape index (κ2) is 7.52. The fraction of sp³-hybridized carbons (Fsp3) is 0.118. The number of carbonyl (C=O) groups is 2. The molecule has 0 saturated carbocycles. The highest BCUT2D eigenvalue weighted by Crippen LogP contribution is 2.35. The number of carbonyl (C=O) groups excluding carboxylic acids is 2. The summed E-state index contributed by atoms with van der Waals surface area (Å²) in [6.45, 7) is 1.87. The highest BCUT2D eigenvalue weighted by atomic mass is 32.2. The summed E-state index contributed by atoms with van der Waals surface area (Å²) in [7, 11) is -4.24. The molecule has 2 heterocycles. The first-order valence-electron chi connectivity index (χ1n) is 8.03. The Morgan fingerprint density at radius 1 is 1.29 bits per heavy atom. The highest BCUT2D eigenvalue weighted by molar-refractivity contribution is 7.93. The third-order valence-corrected chi connectivity index (χ3v) is 7.15. The van der Waals surface area contributed by atoms with Crippen LogP contribution in [-0.4, -0.2) is 30.4 Å². The molecule has 0 fully saturated rings. The van der Waals surface area contributed by atoms with Gasteiger partial charge in [0.05, 0.1) is 5.56 Å². The van der Waals surface area contributed by atoms with Gasteiger partial charge in [-0.15, -0.1) is 11.3 Å². The van der Waals surface area contributed by atoms with E-state index in [1.165, 1.54) is 18.2 Å². The quantitative estimate of drug-likeness (QED) is 0.560. The number of rotatable bonds is 6. The Labute approximate surface area is 163 Å². The number of hydrogen-bond donors (Lipinski definition) is 3. The number of nitrogens with zero attached hydrogens (tertiary/aromatic N) is 1. The number of nitrogens with two attached hydrogens (primary N) is 1. The molecule has 3 aromatic rings. The zero-order valence-electron chi connectivity index (χ0n) is 14.5. The number of aromatic nitrogens is 2. The smallest absolute Gasteiger partial charge is 0.276 e. The minimum atomic E-state index is -4.24. The van der Waals surface area contributed by atoms with E-state index in [0.717, 1.165) is 23.9 Å². The number of anilines is 1. The number of aromatic amines is 1. The van der Waals surface area contributed by atoms with Crippen LogP contribution in [0.3, 0.4) is 0 Å². The zero-order valence-corrected chi connectivity index (χ0v) is 16.2. The van der Waals surface area contributed by atoms with E-state index in [9.17, 15) is 22.4 Å². The van der Waals surface area contributed by atoms with E-state index < -0.39 is 32.4 Å². The van der Waals surface area contributed by atoms with Crippen molar-refractivity contribution in [3.63, 3.8) is 0 Å². The Bertz CT molecular complexity index is 1170. The molecular weight excluding hydrogens is 407 g/mol. The molecular formula is C17H15FN4O4S2. The van der Waals surface area contributed by atoms with Gasteiger partial charge in [0.25, 0.3) is 11.8 Å². The van der Waals surface area contributed by atoms with Crippen molar-refractivity contribution >= 4 is 38.0 Å². The van der Waals surface area contributed by atoms with Crippen molar-refractivity contribution in [2.75, 3.05) is 5.32 Å². The van der Waals surface area contributed by atoms with Gasteiger partial charge in [-0.1, -0.05) is 19.1 Å². The van der Waals surface area contributed by atoms with Gasteiger partial charge in [0, 0.05) is 5.69 Å². The van der Waals surface area contributed by atoms with E-state index in [1.807, 2.05) is 6.92 Å². The van der Waals surface area contributed by atoms with E-state index in [-0.39, 0.29) is 20.5 Å². The summed E-state index contributed by atoms with van der Waals surface area (Å²) < 4.78 is 39.1. The molecule has 2 amide bonds. The lowest BCUT2D eigenvalue weighted by Gasteiger charge is -2.03. The molecule has 0 aliphatic carbocycles. The molecule has 11 heteroatoms. The Kier molecular flexibility index (Phi) is 5.29. The minimum absolute atomic E-state index is 0.0616. The summed E-state index contributed by atoms with van der Waals surface area (Å²) in [6, 6.07) is 7.42. The van der Waals surface area contributed by atoms with Crippen LogP contribution < -0.4 is 11.1 Å². The molecule has 146 valence electrons. The third kappa shape index (κ3) is 3.66. The van der Waals surface area contributed by atoms with Gasteiger partial charge in [0.1, 0.15) is 19.9 Å². The number of primary amides is 1. The number of sulfone groups is 1. The molecule has 0 atom stereocenters. The molecule has 0 bridgehead atoms. The van der Waals surface area contributed by atoms with Crippen molar-refractivity contribution in [3.8, 4) is 0 Å². The summed E-state index contributed by atoms with van der Waals surface area (Å²) in [5.74, 6) is -2.50. The van der Waals surface area contributed by atoms with Crippen molar-refractivity contribution in [2.24, 2.45) is 5.73 Å². The van der Waals surface area contributed by atoms with Crippen molar-refractivity contribution in [3.05, 3.63) is 59.2 Å². The lowest BCUT2D eigenvalue weighted by atomic mass is 10.3. The second-order valence-corrected chi connectivity index (χ2v) is 8.89. The fourth-order valence-electron chi connectivity index (χ4n) is 2.37. The Balaban J connectivity index is 1.99.